The highest BCUT2D eigenvalue weighted by Crippen LogP contribution is 2.31. The first-order chi connectivity index (χ1) is 13.1. The number of nitrogens with zero attached hydrogens (tertiary/aromatic N) is 1. The number of halogens is 1. The van der Waals surface area contributed by atoms with Crippen LogP contribution in [0.25, 0.3) is 10.9 Å². The first kappa shape index (κ1) is 17.4. The molecule has 3 aromatic rings. The van der Waals surface area contributed by atoms with Crippen molar-refractivity contribution >= 4 is 28.4 Å². The highest BCUT2D eigenvalue weighted by atomic mass is 35.5. The van der Waals surface area contributed by atoms with Crippen molar-refractivity contribution in [1.82, 2.24) is 9.88 Å². The first-order valence-electron chi connectivity index (χ1n) is 8.48. The number of ether oxygens (including phenoxy) is 2. The van der Waals surface area contributed by atoms with E-state index in [0.29, 0.717) is 41.4 Å². The van der Waals surface area contributed by atoms with Crippen LogP contribution in [0.1, 0.15) is 15.9 Å². The summed E-state index contributed by atoms with van der Waals surface area (Å²) in [4.78, 5) is 25.6. The van der Waals surface area contributed by atoms with Gasteiger partial charge in [-0.3, -0.25) is 9.59 Å². The lowest BCUT2D eigenvalue weighted by atomic mass is 10.1. The Morgan fingerprint density at radius 2 is 2.04 bits per heavy atom. The first-order valence-corrected chi connectivity index (χ1v) is 8.86. The van der Waals surface area contributed by atoms with Crippen LogP contribution in [0.2, 0.25) is 5.02 Å². The Kier molecular flexibility index (Phi) is 4.49. The highest BCUT2D eigenvalue weighted by Gasteiger charge is 2.22. The van der Waals surface area contributed by atoms with Gasteiger partial charge >= 0.3 is 0 Å². The number of carbonyl (C=O) groups excluding carboxylic acids is 1. The maximum Gasteiger partial charge on any atom is 0.257 e. The van der Waals surface area contributed by atoms with Crippen LogP contribution in [0.15, 0.2) is 47.4 Å². The quantitative estimate of drug-likeness (QED) is 0.750. The molecule has 0 saturated heterocycles. The van der Waals surface area contributed by atoms with Crippen molar-refractivity contribution in [2.45, 2.75) is 13.1 Å². The fraction of sp³-hybridized carbons (Fsp3) is 0.200. The smallest absolute Gasteiger partial charge is 0.257 e. The van der Waals surface area contributed by atoms with Gasteiger partial charge in [0.25, 0.3) is 5.91 Å². The van der Waals surface area contributed by atoms with E-state index in [0.717, 1.165) is 11.3 Å². The molecule has 0 atom stereocenters. The lowest BCUT2D eigenvalue weighted by Gasteiger charge is -2.22. The fourth-order valence-electron chi connectivity index (χ4n) is 3.19. The number of amides is 1. The van der Waals surface area contributed by atoms with Crippen LogP contribution in [-0.2, 0) is 13.1 Å². The molecule has 1 aliphatic rings. The normalized spacial score (nSPS) is 12.5. The lowest BCUT2D eigenvalue weighted by Crippen LogP contribution is -2.30. The van der Waals surface area contributed by atoms with Gasteiger partial charge in [-0.1, -0.05) is 23.7 Å². The number of aromatic nitrogens is 1. The van der Waals surface area contributed by atoms with Crippen LogP contribution in [0.5, 0.6) is 11.5 Å². The Morgan fingerprint density at radius 3 is 2.78 bits per heavy atom. The summed E-state index contributed by atoms with van der Waals surface area (Å²) in [6.07, 6.45) is 1.58. The number of benzene rings is 2. The predicted octanol–water partition coefficient (Wildman–Crippen LogP) is 2.99. The molecule has 0 bridgehead atoms. The number of rotatable bonds is 4. The largest absolute Gasteiger partial charge is 0.497 e. The van der Waals surface area contributed by atoms with E-state index in [1.165, 1.54) is 0 Å². The number of hydrogen-bond acceptors (Lipinski definition) is 4. The van der Waals surface area contributed by atoms with Gasteiger partial charge in [0.05, 0.1) is 29.6 Å². The topological polar surface area (TPSA) is 69.6 Å². The summed E-state index contributed by atoms with van der Waals surface area (Å²) >= 11 is 6.25. The summed E-state index contributed by atoms with van der Waals surface area (Å²) in [5.74, 6) is 0.905. The molecule has 6 nitrogen and oxygen atoms in total. The van der Waals surface area contributed by atoms with Crippen LogP contribution >= 0.6 is 11.6 Å². The van der Waals surface area contributed by atoms with Crippen LogP contribution < -0.4 is 20.2 Å². The van der Waals surface area contributed by atoms with Gasteiger partial charge in [-0.25, -0.2) is 0 Å². The third kappa shape index (κ3) is 3.13. The molecular formula is C20H17ClN2O4. The molecule has 0 spiro atoms. The number of carbonyl (C=O) groups is 1. The summed E-state index contributed by atoms with van der Waals surface area (Å²) in [6, 6.07) is 10.7. The van der Waals surface area contributed by atoms with Crippen LogP contribution in [-0.4, -0.2) is 24.2 Å². The molecule has 1 amide bonds. The minimum atomic E-state index is -0.436. The minimum Gasteiger partial charge on any atom is -0.497 e. The molecule has 138 valence electrons. The average Bonchev–Trinajstić information content (AvgIpc) is 2.70. The van der Waals surface area contributed by atoms with E-state index in [-0.39, 0.29) is 5.56 Å². The zero-order valence-electron chi connectivity index (χ0n) is 14.6. The van der Waals surface area contributed by atoms with Crippen LogP contribution in [0.4, 0.5) is 0 Å². The Bertz CT molecular complexity index is 1090. The molecule has 0 unspecified atom stereocenters. The van der Waals surface area contributed by atoms with E-state index in [9.17, 15) is 9.59 Å². The van der Waals surface area contributed by atoms with Crippen molar-refractivity contribution in [3.05, 3.63) is 69.0 Å². The van der Waals surface area contributed by atoms with Crippen molar-refractivity contribution < 1.29 is 14.3 Å². The average molecular weight is 385 g/mol. The van der Waals surface area contributed by atoms with Crippen molar-refractivity contribution in [2.24, 2.45) is 0 Å². The molecule has 4 rings (SSSR count). The predicted molar refractivity (Wildman–Crippen MR) is 103 cm³/mol. The van der Waals surface area contributed by atoms with E-state index >= 15 is 0 Å². The second-order valence-electron chi connectivity index (χ2n) is 6.21. The molecule has 1 N–H and O–H groups in total. The van der Waals surface area contributed by atoms with E-state index in [2.05, 4.69) is 5.32 Å². The second kappa shape index (κ2) is 6.96. The molecule has 7 heteroatoms. The SMILES string of the molecule is COc1ccc(CNC(=O)c2cn3c4c(ccc(Cl)c4c2=O)OCC3)cc1. The molecule has 0 radical (unpaired) electrons. The lowest BCUT2D eigenvalue weighted by molar-refractivity contribution is 0.0949. The maximum atomic E-state index is 12.9. The van der Waals surface area contributed by atoms with E-state index < -0.39 is 11.3 Å². The molecule has 0 fully saturated rings. The molecule has 2 heterocycles. The van der Waals surface area contributed by atoms with Gasteiger partial charge in [0.1, 0.15) is 23.7 Å². The van der Waals surface area contributed by atoms with E-state index in [1.54, 1.807) is 25.4 Å². The Labute approximate surface area is 160 Å². The van der Waals surface area contributed by atoms with Crippen molar-refractivity contribution in [2.75, 3.05) is 13.7 Å². The van der Waals surface area contributed by atoms with Crippen LogP contribution in [0, 0.1) is 0 Å². The summed E-state index contributed by atoms with van der Waals surface area (Å²) < 4.78 is 12.6. The molecule has 27 heavy (non-hydrogen) atoms. The van der Waals surface area contributed by atoms with Gasteiger partial charge in [-0.2, -0.15) is 0 Å². The molecule has 1 aliphatic heterocycles. The van der Waals surface area contributed by atoms with Gasteiger partial charge in [0, 0.05) is 12.7 Å². The molecule has 2 aromatic carbocycles. The molecule has 1 aromatic heterocycles. The van der Waals surface area contributed by atoms with Gasteiger partial charge in [0.15, 0.2) is 0 Å². The Morgan fingerprint density at radius 1 is 1.26 bits per heavy atom. The number of nitrogens with one attached hydrogen (secondary N) is 1. The van der Waals surface area contributed by atoms with E-state index in [4.69, 9.17) is 21.1 Å². The van der Waals surface area contributed by atoms with Gasteiger partial charge < -0.3 is 19.4 Å². The standard InChI is InChI=1S/C20H17ClN2O4/c1-26-13-4-2-12(3-5-13)10-22-20(25)14-11-23-8-9-27-16-7-6-15(21)17(18(16)23)19(14)24/h2-7,11H,8-10H2,1H3,(H,22,25). The van der Waals surface area contributed by atoms with E-state index in [1.807, 2.05) is 28.8 Å². The number of pyridine rings is 1. The van der Waals surface area contributed by atoms with Crippen molar-refractivity contribution in [1.29, 1.82) is 0 Å². The van der Waals surface area contributed by atoms with Gasteiger partial charge in [0.2, 0.25) is 5.43 Å². The third-order valence-electron chi connectivity index (χ3n) is 4.58. The summed E-state index contributed by atoms with van der Waals surface area (Å²) in [7, 11) is 1.60. The Hall–Kier alpha value is -2.99. The van der Waals surface area contributed by atoms with Crippen molar-refractivity contribution in [3.63, 3.8) is 0 Å². The maximum absolute atomic E-state index is 12.9. The molecular weight excluding hydrogens is 368 g/mol. The summed E-state index contributed by atoms with van der Waals surface area (Å²) in [5.41, 5.74) is 1.20. The summed E-state index contributed by atoms with van der Waals surface area (Å²) in [6.45, 7) is 1.32. The fourth-order valence-corrected chi connectivity index (χ4v) is 3.43. The highest BCUT2D eigenvalue weighted by molar-refractivity contribution is 6.35. The Balaban J connectivity index is 1.67. The third-order valence-corrected chi connectivity index (χ3v) is 4.90. The molecule has 0 aliphatic carbocycles. The van der Waals surface area contributed by atoms with Gasteiger partial charge in [-0.05, 0) is 29.8 Å². The summed E-state index contributed by atoms with van der Waals surface area (Å²) in [5, 5.41) is 3.41. The van der Waals surface area contributed by atoms with Crippen LogP contribution in [0.3, 0.4) is 0 Å². The van der Waals surface area contributed by atoms with Crippen molar-refractivity contribution in [3.8, 4) is 11.5 Å². The monoisotopic (exact) mass is 384 g/mol. The zero-order chi connectivity index (χ0) is 19.0. The molecule has 0 saturated carbocycles. The second-order valence-corrected chi connectivity index (χ2v) is 6.62. The minimum absolute atomic E-state index is 0.0666. The zero-order valence-corrected chi connectivity index (χ0v) is 15.4. The van der Waals surface area contributed by atoms with Gasteiger partial charge in [-0.15, -0.1) is 0 Å². The number of methoxy groups -OCH3 is 1. The number of hydrogen-bond donors (Lipinski definition) is 1.